The lowest BCUT2D eigenvalue weighted by Crippen LogP contribution is -2.30. The third-order valence-corrected chi connectivity index (χ3v) is 9.89. The zero-order valence-electron chi connectivity index (χ0n) is 25.2. The van der Waals surface area contributed by atoms with Gasteiger partial charge < -0.3 is 20.4 Å². The summed E-state index contributed by atoms with van der Waals surface area (Å²) in [4.78, 5) is 41.1. The Balaban J connectivity index is 1.08. The van der Waals surface area contributed by atoms with Gasteiger partial charge in [-0.1, -0.05) is 54.6 Å². The van der Waals surface area contributed by atoms with Crippen LogP contribution >= 0.6 is 23.1 Å². The van der Waals surface area contributed by atoms with Crippen LogP contribution in [0.4, 0.5) is 10.7 Å². The minimum Gasteiger partial charge on any atom is -0.465 e. The van der Waals surface area contributed by atoms with E-state index >= 15 is 0 Å². The molecule has 234 valence electrons. The second-order valence-corrected chi connectivity index (χ2v) is 13.0. The summed E-state index contributed by atoms with van der Waals surface area (Å²) in [6, 6.07) is 31.8. The van der Waals surface area contributed by atoms with Crippen molar-refractivity contribution in [1.29, 1.82) is 5.26 Å². The Morgan fingerprint density at radius 2 is 1.74 bits per heavy atom. The topological polar surface area (TPSA) is 124 Å². The molecule has 0 radical (unpaired) electrons. The van der Waals surface area contributed by atoms with Crippen LogP contribution in [0.25, 0.3) is 6.08 Å². The Hall–Kier alpha value is -5.37. The average molecular weight is 659 g/mol. The third-order valence-electron chi connectivity index (χ3n) is 7.72. The number of thiophene rings is 1. The molecular weight excluding hydrogens is 629 g/mol. The highest BCUT2D eigenvalue weighted by molar-refractivity contribution is 8.00. The Bertz CT molecular complexity index is 1960. The molecule has 1 atom stereocenters. The lowest BCUT2D eigenvalue weighted by molar-refractivity contribution is -0.114. The van der Waals surface area contributed by atoms with Gasteiger partial charge in [-0.05, 0) is 78.8 Å². The van der Waals surface area contributed by atoms with Crippen molar-refractivity contribution in [1.82, 2.24) is 5.32 Å². The lowest BCUT2D eigenvalue weighted by Gasteiger charge is -2.22. The smallest absolute Gasteiger partial charge is 0.272 e. The number of benzene rings is 3. The predicted octanol–water partition coefficient (Wildman–Crippen LogP) is 7.63. The van der Waals surface area contributed by atoms with E-state index in [1.807, 2.05) is 12.1 Å². The molecule has 3 aromatic carbocycles. The van der Waals surface area contributed by atoms with E-state index in [-0.39, 0.29) is 17.4 Å². The van der Waals surface area contributed by atoms with Gasteiger partial charge in [0.05, 0.1) is 17.6 Å². The normalized spacial score (nSPS) is 14.0. The van der Waals surface area contributed by atoms with Gasteiger partial charge in [0.15, 0.2) is 0 Å². The first kappa shape index (κ1) is 31.6. The molecule has 3 N–H and O–H groups in total. The molecule has 3 amide bonds. The van der Waals surface area contributed by atoms with E-state index in [2.05, 4.69) is 46.3 Å². The zero-order chi connectivity index (χ0) is 32.6. The molecule has 0 spiro atoms. The molecule has 5 aromatic rings. The number of fused-ring (bicyclic) bond motifs is 1. The summed E-state index contributed by atoms with van der Waals surface area (Å²) in [6.07, 6.45) is 5.57. The van der Waals surface area contributed by atoms with Crippen molar-refractivity contribution in [3.8, 4) is 6.07 Å². The molecule has 1 aliphatic carbocycles. The summed E-state index contributed by atoms with van der Waals surface area (Å²) < 4.78 is 5.36. The number of amides is 3. The molecule has 10 heteroatoms. The van der Waals surface area contributed by atoms with Crippen LogP contribution in [0.15, 0.2) is 118 Å². The number of anilines is 2. The van der Waals surface area contributed by atoms with Gasteiger partial charge >= 0.3 is 0 Å². The van der Waals surface area contributed by atoms with Crippen LogP contribution in [-0.2, 0) is 22.4 Å². The van der Waals surface area contributed by atoms with Gasteiger partial charge in [0.25, 0.3) is 11.8 Å². The second-order valence-electron chi connectivity index (χ2n) is 10.9. The van der Waals surface area contributed by atoms with Gasteiger partial charge in [-0.3, -0.25) is 14.4 Å². The van der Waals surface area contributed by atoms with Crippen molar-refractivity contribution in [3.63, 3.8) is 0 Å². The van der Waals surface area contributed by atoms with Crippen molar-refractivity contribution >= 4 is 57.6 Å². The number of thioether (sulfide) groups is 1. The lowest BCUT2D eigenvalue weighted by atomic mass is 9.83. The Morgan fingerprint density at radius 1 is 0.957 bits per heavy atom. The predicted molar refractivity (Wildman–Crippen MR) is 185 cm³/mol. The molecule has 0 fully saturated rings. The van der Waals surface area contributed by atoms with Crippen LogP contribution in [0.3, 0.4) is 0 Å². The number of hydrogen-bond donors (Lipinski definition) is 3. The van der Waals surface area contributed by atoms with Crippen molar-refractivity contribution in [2.24, 2.45) is 0 Å². The van der Waals surface area contributed by atoms with Crippen LogP contribution in [0.1, 0.15) is 50.0 Å². The van der Waals surface area contributed by atoms with E-state index in [9.17, 15) is 19.6 Å². The van der Waals surface area contributed by atoms with Gasteiger partial charge in [0.1, 0.15) is 22.5 Å². The first-order valence-corrected chi connectivity index (χ1v) is 16.8. The standard InChI is InChI=1S/C37H30N4O4S2/c38-22-31-30-17-16-26(24-9-3-1-4-10-24)19-33(30)47-37(31)41-34(42)23-46-29-15-7-13-27(20-29)39-36(44)32(21-28-14-8-18-45-28)40-35(43)25-11-5-2-6-12-25/h1-15,18,20-21,26H,16-17,19,23H2,(H,39,44)(H,40,43)(H,41,42)/b32-21-. The number of nitrogens with zero attached hydrogens (tertiary/aromatic N) is 1. The summed E-state index contributed by atoms with van der Waals surface area (Å²) in [6.45, 7) is 0. The van der Waals surface area contributed by atoms with Gasteiger partial charge in [0, 0.05) is 27.1 Å². The van der Waals surface area contributed by atoms with E-state index in [1.54, 1.807) is 60.7 Å². The monoisotopic (exact) mass is 658 g/mol. The third kappa shape index (κ3) is 7.90. The molecule has 47 heavy (non-hydrogen) atoms. The number of carbonyl (C=O) groups is 3. The molecule has 2 aromatic heterocycles. The molecule has 0 bridgehead atoms. The largest absolute Gasteiger partial charge is 0.465 e. The number of carbonyl (C=O) groups excluding carboxylic acids is 3. The van der Waals surface area contributed by atoms with Gasteiger partial charge in [-0.2, -0.15) is 5.26 Å². The zero-order valence-corrected chi connectivity index (χ0v) is 26.8. The van der Waals surface area contributed by atoms with Crippen molar-refractivity contribution in [2.45, 2.75) is 30.1 Å². The molecule has 0 saturated carbocycles. The maximum Gasteiger partial charge on any atom is 0.272 e. The fourth-order valence-electron chi connectivity index (χ4n) is 5.43. The Labute approximate surface area is 280 Å². The Kier molecular flexibility index (Phi) is 9.96. The molecule has 2 heterocycles. The second kappa shape index (κ2) is 14.8. The highest BCUT2D eigenvalue weighted by Crippen LogP contribution is 2.42. The van der Waals surface area contributed by atoms with Crippen molar-refractivity contribution in [3.05, 3.63) is 142 Å². The number of nitrogens with one attached hydrogen (secondary N) is 3. The molecule has 1 aliphatic rings. The summed E-state index contributed by atoms with van der Waals surface area (Å²) >= 11 is 2.81. The fourth-order valence-corrected chi connectivity index (χ4v) is 7.48. The van der Waals surface area contributed by atoms with E-state index in [1.165, 1.54) is 41.0 Å². The van der Waals surface area contributed by atoms with E-state index < -0.39 is 11.8 Å². The molecule has 1 unspecified atom stereocenters. The highest BCUT2D eigenvalue weighted by atomic mass is 32.2. The van der Waals surface area contributed by atoms with Crippen LogP contribution in [-0.4, -0.2) is 23.5 Å². The molecule has 8 nitrogen and oxygen atoms in total. The number of nitriles is 1. The van der Waals surface area contributed by atoms with E-state index in [4.69, 9.17) is 4.42 Å². The molecular formula is C37H30N4O4S2. The average Bonchev–Trinajstić information content (AvgIpc) is 3.74. The van der Waals surface area contributed by atoms with Gasteiger partial charge in [-0.15, -0.1) is 23.1 Å². The van der Waals surface area contributed by atoms with Crippen LogP contribution in [0.2, 0.25) is 0 Å². The van der Waals surface area contributed by atoms with E-state index in [0.717, 1.165) is 34.6 Å². The summed E-state index contributed by atoms with van der Waals surface area (Å²) in [5.74, 6) is -0.263. The molecule has 0 aliphatic heterocycles. The minimum absolute atomic E-state index is 0.00766. The Morgan fingerprint density at radius 3 is 2.49 bits per heavy atom. The quantitative estimate of drug-likeness (QED) is 0.105. The maximum absolute atomic E-state index is 13.3. The van der Waals surface area contributed by atoms with E-state index in [0.29, 0.717) is 33.5 Å². The van der Waals surface area contributed by atoms with Gasteiger partial charge in [-0.25, -0.2) is 0 Å². The summed E-state index contributed by atoms with van der Waals surface area (Å²) in [5.41, 5.74) is 3.82. The number of hydrogen-bond acceptors (Lipinski definition) is 7. The van der Waals surface area contributed by atoms with Crippen molar-refractivity contribution in [2.75, 3.05) is 16.4 Å². The van der Waals surface area contributed by atoms with Gasteiger partial charge in [0.2, 0.25) is 5.91 Å². The SMILES string of the molecule is N#Cc1c(NC(=O)CSc2cccc(NC(=O)/C(=C/c3ccco3)NC(=O)c3ccccc3)c2)sc2c1CCC(c1ccccc1)C2. The highest BCUT2D eigenvalue weighted by Gasteiger charge is 2.27. The number of furan rings is 1. The molecule has 0 saturated heterocycles. The maximum atomic E-state index is 13.3. The summed E-state index contributed by atoms with van der Waals surface area (Å²) in [5, 5.41) is 19.0. The molecule has 6 rings (SSSR count). The van der Waals surface area contributed by atoms with Crippen LogP contribution < -0.4 is 16.0 Å². The minimum atomic E-state index is -0.536. The summed E-state index contributed by atoms with van der Waals surface area (Å²) in [7, 11) is 0. The van der Waals surface area contributed by atoms with Crippen LogP contribution in [0, 0.1) is 11.3 Å². The number of rotatable bonds is 10. The van der Waals surface area contributed by atoms with Crippen LogP contribution in [0.5, 0.6) is 0 Å². The first-order chi connectivity index (χ1) is 23.0. The first-order valence-electron chi connectivity index (χ1n) is 15.0. The fraction of sp³-hybridized carbons (Fsp3) is 0.135. The van der Waals surface area contributed by atoms with Crippen molar-refractivity contribution < 1.29 is 18.8 Å².